The van der Waals surface area contributed by atoms with Crippen molar-refractivity contribution in [3.8, 4) is 0 Å². The molecule has 0 spiro atoms. The Morgan fingerprint density at radius 1 is 1.23 bits per heavy atom. The van der Waals surface area contributed by atoms with Gasteiger partial charge in [0.1, 0.15) is 0 Å². The molecule has 2 aliphatic rings. The molecule has 0 saturated carbocycles. The van der Waals surface area contributed by atoms with Crippen LogP contribution in [0.2, 0.25) is 0 Å². The number of fused-ring (bicyclic) bond motifs is 2. The van der Waals surface area contributed by atoms with Gasteiger partial charge in [-0.2, -0.15) is 0 Å². The Balaban J connectivity index is 2.24. The Morgan fingerprint density at radius 2 is 2.15 bits per heavy atom. The number of allylic oxidation sites excluding steroid dienone is 3. The molecule has 0 bridgehead atoms. The van der Waals surface area contributed by atoms with E-state index in [2.05, 4.69) is 34.2 Å². The molecule has 0 aromatic heterocycles. The molecule has 1 aliphatic carbocycles. The van der Waals surface area contributed by atoms with E-state index in [0.29, 0.717) is 0 Å². The van der Waals surface area contributed by atoms with E-state index in [9.17, 15) is 0 Å². The summed E-state index contributed by atoms with van der Waals surface area (Å²) in [5, 5.41) is 0. The van der Waals surface area contributed by atoms with Crippen LogP contribution in [-0.4, -0.2) is 15.2 Å². The van der Waals surface area contributed by atoms with Crippen molar-refractivity contribution >= 4 is 20.8 Å². The van der Waals surface area contributed by atoms with Gasteiger partial charge in [0.05, 0.1) is 0 Å². The van der Waals surface area contributed by atoms with Crippen LogP contribution in [0.25, 0.3) is 5.57 Å². The molecule has 0 saturated heterocycles. The second-order valence-electron chi connectivity index (χ2n) is 3.28. The van der Waals surface area contributed by atoms with Gasteiger partial charge in [-0.1, -0.05) is 0 Å². The van der Waals surface area contributed by atoms with Crippen molar-refractivity contribution in [3.05, 3.63) is 52.1 Å². The van der Waals surface area contributed by atoms with Crippen LogP contribution >= 0.6 is 0 Å². The van der Waals surface area contributed by atoms with Crippen molar-refractivity contribution < 1.29 is 0 Å². The molecule has 0 N–H and O–H groups in total. The van der Waals surface area contributed by atoms with Gasteiger partial charge in [-0.15, -0.1) is 0 Å². The first-order valence-electron chi connectivity index (χ1n) is 4.39. The third-order valence-corrected chi connectivity index (χ3v) is 4.60. The minimum absolute atomic E-state index is 0.189. The summed E-state index contributed by atoms with van der Waals surface area (Å²) in [6.07, 6.45) is 5.29. The summed E-state index contributed by atoms with van der Waals surface area (Å²) >= 11 is -0.189. The SMILES string of the molecule is C1=CC2=[C](Cc3ccccc32)[Ge]=[N]1. The molecule has 1 aromatic rings. The molecule has 1 heterocycles. The molecular weight excluding hydrogens is 219 g/mol. The molecule has 0 fully saturated rings. The van der Waals surface area contributed by atoms with Crippen LogP contribution in [-0.2, 0) is 6.42 Å². The molecule has 1 nitrogen and oxygen atoms in total. The molecular formula is C11H8GeN. The number of benzene rings is 1. The van der Waals surface area contributed by atoms with Crippen LogP contribution < -0.4 is 0 Å². The molecule has 13 heavy (non-hydrogen) atoms. The summed E-state index contributed by atoms with van der Waals surface area (Å²) in [6, 6.07) is 8.69. The van der Waals surface area contributed by atoms with Gasteiger partial charge in [-0.05, 0) is 0 Å². The van der Waals surface area contributed by atoms with Crippen LogP contribution in [0.15, 0.2) is 44.8 Å². The van der Waals surface area contributed by atoms with Crippen LogP contribution in [0.5, 0.6) is 0 Å². The number of nitrogens with zero attached hydrogens (tertiary/aromatic N) is 1. The predicted octanol–water partition coefficient (Wildman–Crippen LogP) is 2.37. The second kappa shape index (κ2) is 2.77. The van der Waals surface area contributed by atoms with Crippen LogP contribution in [0.4, 0.5) is 0 Å². The number of hydrogen-bond donors (Lipinski definition) is 0. The zero-order valence-electron chi connectivity index (χ0n) is 7.12. The molecule has 0 amide bonds. The van der Waals surface area contributed by atoms with E-state index in [-0.39, 0.29) is 15.2 Å². The van der Waals surface area contributed by atoms with Crippen LogP contribution in [0, 0.1) is 0 Å². The normalized spacial score (nSPS) is 17.5. The van der Waals surface area contributed by atoms with E-state index in [1.165, 1.54) is 16.7 Å². The Kier molecular flexibility index (Phi) is 1.59. The van der Waals surface area contributed by atoms with Gasteiger partial charge in [-0.25, -0.2) is 0 Å². The van der Waals surface area contributed by atoms with Crippen molar-refractivity contribution in [3.63, 3.8) is 0 Å². The predicted molar refractivity (Wildman–Crippen MR) is 54.4 cm³/mol. The summed E-state index contributed by atoms with van der Waals surface area (Å²) < 4.78 is 5.99. The molecule has 1 radical (unpaired) electrons. The topological polar surface area (TPSA) is 12.4 Å². The first kappa shape index (κ1) is 7.45. The Labute approximate surface area is 83.4 Å². The molecule has 0 unspecified atom stereocenters. The van der Waals surface area contributed by atoms with Crippen molar-refractivity contribution in [1.29, 1.82) is 0 Å². The van der Waals surface area contributed by atoms with Crippen LogP contribution in [0.1, 0.15) is 11.1 Å². The number of hydrogen-bond acceptors (Lipinski definition) is 1. The molecule has 2 heteroatoms. The zero-order chi connectivity index (χ0) is 8.67. The first-order valence-corrected chi connectivity index (χ1v) is 6.38. The van der Waals surface area contributed by atoms with E-state index in [1.807, 2.05) is 6.20 Å². The van der Waals surface area contributed by atoms with Crippen molar-refractivity contribution in [2.75, 3.05) is 0 Å². The minimum atomic E-state index is -0.189. The van der Waals surface area contributed by atoms with Gasteiger partial charge < -0.3 is 0 Å². The monoisotopic (exact) mass is 228 g/mol. The quantitative estimate of drug-likeness (QED) is 0.603. The third-order valence-electron chi connectivity index (χ3n) is 2.52. The number of rotatable bonds is 0. The van der Waals surface area contributed by atoms with Gasteiger partial charge in [0.15, 0.2) is 0 Å². The summed E-state index contributed by atoms with van der Waals surface area (Å²) in [6.45, 7) is 0. The summed E-state index contributed by atoms with van der Waals surface area (Å²) in [5.74, 6) is 0. The maximum atomic E-state index is 4.39. The summed E-state index contributed by atoms with van der Waals surface area (Å²) in [4.78, 5) is 0. The standard InChI is InChI=1S/C11H8GeN/c1-2-4-9-8(3-1)7-11-10(9)5-6-13-12-11/h1-6H,7H2. The average Bonchev–Trinajstić information content (AvgIpc) is 2.56. The van der Waals surface area contributed by atoms with Gasteiger partial charge in [-0.3, -0.25) is 0 Å². The molecule has 3 rings (SSSR count). The molecule has 1 aliphatic heterocycles. The maximum absolute atomic E-state index is 4.39. The Hall–Kier alpha value is -0.957. The zero-order valence-corrected chi connectivity index (χ0v) is 9.22. The fraction of sp³-hybridized carbons (Fsp3) is 0.0909. The summed E-state index contributed by atoms with van der Waals surface area (Å²) in [7, 11) is 0. The van der Waals surface area contributed by atoms with E-state index in [1.54, 1.807) is 4.41 Å². The van der Waals surface area contributed by atoms with Crippen molar-refractivity contribution in [2.24, 2.45) is 3.90 Å². The van der Waals surface area contributed by atoms with Crippen LogP contribution in [0.3, 0.4) is 0 Å². The molecule has 0 atom stereocenters. The van der Waals surface area contributed by atoms with E-state index < -0.39 is 0 Å². The Morgan fingerprint density at radius 3 is 3.15 bits per heavy atom. The van der Waals surface area contributed by atoms with Crippen molar-refractivity contribution in [1.82, 2.24) is 0 Å². The van der Waals surface area contributed by atoms with E-state index >= 15 is 0 Å². The third kappa shape index (κ3) is 1.07. The second-order valence-corrected chi connectivity index (χ2v) is 5.56. The van der Waals surface area contributed by atoms with Gasteiger partial charge in [0.2, 0.25) is 0 Å². The first-order chi connectivity index (χ1) is 6.45. The van der Waals surface area contributed by atoms with Crippen molar-refractivity contribution in [2.45, 2.75) is 6.42 Å². The van der Waals surface area contributed by atoms with E-state index in [4.69, 9.17) is 0 Å². The fourth-order valence-corrected chi connectivity index (χ4v) is 3.82. The van der Waals surface area contributed by atoms with Gasteiger partial charge >= 0.3 is 83.2 Å². The molecule has 61 valence electrons. The summed E-state index contributed by atoms with van der Waals surface area (Å²) in [5.41, 5.74) is 4.39. The fourth-order valence-electron chi connectivity index (χ4n) is 1.90. The average molecular weight is 227 g/mol. The molecule has 1 aromatic carbocycles. The van der Waals surface area contributed by atoms with Gasteiger partial charge in [0.25, 0.3) is 0 Å². The van der Waals surface area contributed by atoms with E-state index in [0.717, 1.165) is 6.42 Å². The van der Waals surface area contributed by atoms with Gasteiger partial charge in [0, 0.05) is 0 Å². The Bertz CT molecular complexity index is 455.